The van der Waals surface area contributed by atoms with E-state index in [2.05, 4.69) is 0 Å². The summed E-state index contributed by atoms with van der Waals surface area (Å²) < 4.78 is 10.7. The molecule has 2 aromatic carbocycles. The van der Waals surface area contributed by atoms with Gasteiger partial charge in [0.25, 0.3) is 0 Å². The topological polar surface area (TPSA) is 61.5 Å². The monoisotopic (exact) mass is 323 g/mol. The Morgan fingerprint density at radius 1 is 1.00 bits per heavy atom. The lowest BCUT2D eigenvalue weighted by Crippen LogP contribution is -2.03. The number of carbonyl (C=O) groups excluding carboxylic acids is 1. The molecule has 0 heterocycles. The summed E-state index contributed by atoms with van der Waals surface area (Å²) in [6.45, 7) is 4.77. The van der Waals surface area contributed by atoms with Crippen molar-refractivity contribution in [2.24, 2.45) is 0 Å². The summed E-state index contributed by atoms with van der Waals surface area (Å²) in [7, 11) is 0. The van der Waals surface area contributed by atoms with Crippen molar-refractivity contribution in [1.82, 2.24) is 0 Å². The lowest BCUT2D eigenvalue weighted by atomic mass is 10.0. The third-order valence-corrected chi connectivity index (χ3v) is 4.03. The van der Waals surface area contributed by atoms with Crippen molar-refractivity contribution >= 4 is 17.2 Å². The first-order valence-electron chi connectivity index (χ1n) is 8.15. The number of ether oxygens (including phenoxy) is 2. The van der Waals surface area contributed by atoms with E-state index in [1.807, 2.05) is 62.4 Å². The molecular weight excluding hydrogens is 302 g/mol. The molecule has 24 heavy (non-hydrogen) atoms. The third-order valence-electron chi connectivity index (χ3n) is 4.03. The average molecular weight is 323 g/mol. The van der Waals surface area contributed by atoms with E-state index in [1.165, 1.54) is 0 Å². The maximum Gasteiger partial charge on any atom is 0.335 e. The van der Waals surface area contributed by atoms with Crippen LogP contribution in [-0.4, -0.2) is 19.2 Å². The van der Waals surface area contributed by atoms with Gasteiger partial charge in [-0.15, -0.1) is 0 Å². The number of nitrogen functional groups attached to an aromatic ring is 1. The summed E-state index contributed by atoms with van der Waals surface area (Å²) in [5.74, 6) is 0.556. The lowest BCUT2D eigenvalue weighted by molar-refractivity contribution is -0.138. The molecule has 0 aromatic heterocycles. The number of benzene rings is 2. The predicted octanol–water partition coefficient (Wildman–Crippen LogP) is 3.78. The van der Waals surface area contributed by atoms with E-state index in [0.717, 1.165) is 28.0 Å². The highest BCUT2D eigenvalue weighted by molar-refractivity contribution is 6.13. The Kier molecular flexibility index (Phi) is 4.56. The minimum absolute atomic E-state index is 0.0247. The fourth-order valence-electron chi connectivity index (χ4n) is 2.90. The first-order valence-corrected chi connectivity index (χ1v) is 8.15. The Labute approximate surface area is 141 Å². The number of rotatable bonds is 6. The van der Waals surface area contributed by atoms with E-state index in [9.17, 15) is 4.79 Å². The molecule has 4 nitrogen and oxygen atoms in total. The lowest BCUT2D eigenvalue weighted by Gasteiger charge is -2.06. The predicted molar refractivity (Wildman–Crippen MR) is 94.8 cm³/mol. The van der Waals surface area contributed by atoms with Gasteiger partial charge in [0.05, 0.1) is 18.8 Å². The molecule has 2 aromatic rings. The molecular formula is C20H21NO3. The molecule has 3 rings (SSSR count). The number of hydrogen-bond acceptors (Lipinski definition) is 4. The largest absolute Gasteiger partial charge is 0.494 e. The number of carbonyl (C=O) groups is 1. The van der Waals surface area contributed by atoms with Crippen LogP contribution in [0.25, 0.3) is 5.57 Å². The minimum atomic E-state index is -0.247. The highest BCUT2D eigenvalue weighted by Crippen LogP contribution is 2.54. The molecule has 4 heteroatoms. The van der Waals surface area contributed by atoms with Crippen molar-refractivity contribution in [3.8, 4) is 5.75 Å². The van der Waals surface area contributed by atoms with Crippen LogP contribution in [0.1, 0.15) is 30.9 Å². The normalized spacial score (nSPS) is 16.0. The van der Waals surface area contributed by atoms with Crippen LogP contribution in [-0.2, 0) is 9.53 Å². The van der Waals surface area contributed by atoms with Crippen LogP contribution in [0.2, 0.25) is 0 Å². The molecule has 0 bridgehead atoms. The van der Waals surface area contributed by atoms with Gasteiger partial charge in [-0.2, -0.15) is 0 Å². The van der Waals surface area contributed by atoms with Crippen LogP contribution < -0.4 is 10.5 Å². The SMILES string of the molecule is CCOC(=O)C1=C(c2ccc(N)cc2)C1c1ccc(OCC)cc1. The van der Waals surface area contributed by atoms with Gasteiger partial charge in [-0.3, -0.25) is 0 Å². The molecule has 0 radical (unpaired) electrons. The summed E-state index contributed by atoms with van der Waals surface area (Å²) >= 11 is 0. The van der Waals surface area contributed by atoms with Crippen molar-refractivity contribution in [3.05, 3.63) is 65.2 Å². The van der Waals surface area contributed by atoms with E-state index >= 15 is 0 Å². The van der Waals surface area contributed by atoms with Crippen molar-refractivity contribution < 1.29 is 14.3 Å². The molecule has 1 aliphatic carbocycles. The van der Waals surface area contributed by atoms with E-state index in [-0.39, 0.29) is 11.9 Å². The Hall–Kier alpha value is -2.75. The van der Waals surface area contributed by atoms with Gasteiger partial charge in [0, 0.05) is 11.6 Å². The van der Waals surface area contributed by atoms with E-state index in [0.29, 0.717) is 18.9 Å². The van der Waals surface area contributed by atoms with Crippen LogP contribution in [0, 0.1) is 0 Å². The van der Waals surface area contributed by atoms with Crippen LogP contribution in [0.5, 0.6) is 5.75 Å². The van der Waals surface area contributed by atoms with Gasteiger partial charge >= 0.3 is 5.97 Å². The number of anilines is 1. The second-order valence-electron chi connectivity index (χ2n) is 5.60. The van der Waals surface area contributed by atoms with Gasteiger partial charge in [-0.25, -0.2) is 4.79 Å². The van der Waals surface area contributed by atoms with Crippen LogP contribution in [0.3, 0.4) is 0 Å². The van der Waals surface area contributed by atoms with Crippen molar-refractivity contribution in [2.45, 2.75) is 19.8 Å². The van der Waals surface area contributed by atoms with Gasteiger partial charge in [0.1, 0.15) is 5.75 Å². The smallest absolute Gasteiger partial charge is 0.335 e. The molecule has 1 unspecified atom stereocenters. The highest BCUT2D eigenvalue weighted by Gasteiger charge is 2.44. The van der Waals surface area contributed by atoms with E-state index in [4.69, 9.17) is 15.2 Å². The quantitative estimate of drug-likeness (QED) is 0.649. The number of nitrogens with two attached hydrogens (primary N) is 1. The van der Waals surface area contributed by atoms with Gasteiger partial charge in [-0.1, -0.05) is 24.3 Å². The first kappa shape index (κ1) is 16.1. The summed E-state index contributed by atoms with van der Waals surface area (Å²) in [4.78, 5) is 12.3. The Morgan fingerprint density at radius 2 is 1.67 bits per heavy atom. The zero-order valence-corrected chi connectivity index (χ0v) is 13.9. The fraction of sp³-hybridized carbons (Fsp3) is 0.250. The zero-order chi connectivity index (χ0) is 17.1. The molecule has 0 fully saturated rings. The summed E-state index contributed by atoms with van der Waals surface area (Å²) in [6, 6.07) is 15.4. The van der Waals surface area contributed by atoms with Crippen LogP contribution in [0.15, 0.2) is 54.1 Å². The van der Waals surface area contributed by atoms with Gasteiger partial charge in [0.15, 0.2) is 0 Å². The second-order valence-corrected chi connectivity index (χ2v) is 5.60. The molecule has 0 aliphatic heterocycles. The maximum atomic E-state index is 12.3. The Bertz CT molecular complexity index is 760. The summed E-state index contributed by atoms with van der Waals surface area (Å²) in [5, 5.41) is 0. The molecule has 0 saturated carbocycles. The Balaban J connectivity index is 1.89. The molecule has 1 atom stereocenters. The summed E-state index contributed by atoms with van der Waals surface area (Å²) in [5.41, 5.74) is 10.3. The average Bonchev–Trinajstić information content (AvgIpc) is 3.32. The van der Waals surface area contributed by atoms with Crippen LogP contribution in [0.4, 0.5) is 5.69 Å². The van der Waals surface area contributed by atoms with Gasteiger partial charge < -0.3 is 15.2 Å². The highest BCUT2D eigenvalue weighted by atomic mass is 16.5. The Morgan fingerprint density at radius 3 is 2.25 bits per heavy atom. The maximum absolute atomic E-state index is 12.3. The van der Waals surface area contributed by atoms with E-state index in [1.54, 1.807) is 0 Å². The first-order chi connectivity index (χ1) is 11.7. The van der Waals surface area contributed by atoms with Crippen LogP contribution >= 0.6 is 0 Å². The van der Waals surface area contributed by atoms with E-state index < -0.39 is 0 Å². The van der Waals surface area contributed by atoms with Gasteiger partial charge in [-0.05, 0) is 54.8 Å². The molecule has 0 amide bonds. The van der Waals surface area contributed by atoms with Crippen molar-refractivity contribution in [1.29, 1.82) is 0 Å². The van der Waals surface area contributed by atoms with Gasteiger partial charge in [0.2, 0.25) is 0 Å². The summed E-state index contributed by atoms with van der Waals surface area (Å²) in [6.07, 6.45) is 0. The molecule has 0 saturated heterocycles. The standard InChI is InChI=1S/C20H21NO3/c1-3-23-16-11-7-14(8-12-16)18-17(19(18)20(22)24-4-2)13-5-9-15(21)10-6-13/h5-12,18H,3-4,21H2,1-2H3. The third kappa shape index (κ3) is 3.13. The van der Waals surface area contributed by atoms with Crippen molar-refractivity contribution in [3.63, 3.8) is 0 Å². The minimum Gasteiger partial charge on any atom is -0.494 e. The number of esters is 1. The number of allylic oxidation sites excluding steroid dienone is 1. The second kappa shape index (κ2) is 6.79. The zero-order valence-electron chi connectivity index (χ0n) is 13.9. The molecule has 0 spiro atoms. The molecule has 1 aliphatic rings. The number of hydrogen-bond donors (Lipinski definition) is 1. The van der Waals surface area contributed by atoms with Crippen molar-refractivity contribution in [2.75, 3.05) is 18.9 Å². The molecule has 124 valence electrons. The fourth-order valence-corrected chi connectivity index (χ4v) is 2.90. The molecule has 2 N–H and O–H groups in total.